The standard InChI is InChI=1S/C28H32F4N6O/c1-18-14-37(22(13-34-18)15-36-9-8-33-26(36)28(30,31)32)16-24(39)38-17-27(2,3)25-23(38)11-20(12-35-25)10-19-4-6-21(29)7-5-19/h4-9,11-12,18,22,34H,10,13-17H2,1-3H3/t18-,22-/m1/s1. The van der Waals surface area contributed by atoms with Crippen LogP contribution in [0.1, 0.15) is 43.4 Å². The summed E-state index contributed by atoms with van der Waals surface area (Å²) >= 11 is 0. The van der Waals surface area contributed by atoms with Crippen LogP contribution in [-0.2, 0) is 29.4 Å². The fourth-order valence-electron chi connectivity index (χ4n) is 5.54. The molecule has 4 heterocycles. The first-order chi connectivity index (χ1) is 18.4. The average molecular weight is 545 g/mol. The number of fused-ring (bicyclic) bond motifs is 1. The van der Waals surface area contributed by atoms with Gasteiger partial charge in [-0.1, -0.05) is 26.0 Å². The van der Waals surface area contributed by atoms with Gasteiger partial charge in [-0.2, -0.15) is 13.2 Å². The molecule has 0 saturated carbocycles. The van der Waals surface area contributed by atoms with E-state index in [0.29, 0.717) is 26.1 Å². The Balaban J connectivity index is 1.36. The van der Waals surface area contributed by atoms with Crippen LogP contribution >= 0.6 is 0 Å². The van der Waals surface area contributed by atoms with Crippen LogP contribution in [-0.4, -0.2) is 63.6 Å². The van der Waals surface area contributed by atoms with Crippen molar-refractivity contribution in [2.24, 2.45) is 0 Å². The predicted octanol–water partition coefficient (Wildman–Crippen LogP) is 4.01. The number of anilines is 1. The number of piperazine rings is 1. The van der Waals surface area contributed by atoms with Crippen molar-refractivity contribution >= 4 is 11.6 Å². The van der Waals surface area contributed by atoms with Crippen LogP contribution in [0.2, 0.25) is 0 Å². The van der Waals surface area contributed by atoms with Crippen LogP contribution in [0.15, 0.2) is 48.9 Å². The fraction of sp³-hybridized carbons (Fsp3) is 0.464. The highest BCUT2D eigenvalue weighted by molar-refractivity contribution is 5.97. The lowest BCUT2D eigenvalue weighted by Gasteiger charge is -2.40. The van der Waals surface area contributed by atoms with Crippen molar-refractivity contribution in [3.63, 3.8) is 0 Å². The molecular weight excluding hydrogens is 512 g/mol. The molecule has 1 fully saturated rings. The van der Waals surface area contributed by atoms with Crippen molar-refractivity contribution in [1.82, 2.24) is 24.8 Å². The highest BCUT2D eigenvalue weighted by Crippen LogP contribution is 2.40. The molecule has 39 heavy (non-hydrogen) atoms. The molecule has 2 aliphatic heterocycles. The van der Waals surface area contributed by atoms with E-state index < -0.39 is 12.0 Å². The molecule has 5 rings (SSSR count). The smallest absolute Gasteiger partial charge is 0.326 e. The Hall–Kier alpha value is -3.31. The Kier molecular flexibility index (Phi) is 7.23. The third-order valence-electron chi connectivity index (χ3n) is 7.47. The third-order valence-corrected chi connectivity index (χ3v) is 7.47. The Morgan fingerprint density at radius 1 is 1.15 bits per heavy atom. The molecule has 1 aromatic carbocycles. The molecule has 0 spiro atoms. The highest BCUT2D eigenvalue weighted by atomic mass is 19.4. The van der Waals surface area contributed by atoms with Gasteiger partial charge in [0.25, 0.3) is 0 Å². The first kappa shape index (κ1) is 27.3. The van der Waals surface area contributed by atoms with Crippen molar-refractivity contribution in [2.45, 2.75) is 57.4 Å². The number of benzene rings is 1. The van der Waals surface area contributed by atoms with E-state index >= 15 is 0 Å². The quantitative estimate of drug-likeness (QED) is 0.475. The SMILES string of the molecule is C[C@@H]1CN(CC(=O)N2CC(C)(C)c3ncc(Cc4ccc(F)cc4)cc32)[C@@H](Cn2ccnc2C(F)(F)F)CN1. The number of carbonyl (C=O) groups excluding carboxylic acids is 1. The molecule has 7 nitrogen and oxygen atoms in total. The van der Waals surface area contributed by atoms with E-state index in [-0.39, 0.29) is 42.3 Å². The maximum absolute atomic E-state index is 13.7. The van der Waals surface area contributed by atoms with Gasteiger partial charge in [0.2, 0.25) is 11.7 Å². The molecule has 0 bridgehead atoms. The summed E-state index contributed by atoms with van der Waals surface area (Å²) in [7, 11) is 0. The largest absolute Gasteiger partial charge is 0.449 e. The number of pyridine rings is 1. The molecule has 2 aliphatic rings. The van der Waals surface area contributed by atoms with E-state index in [1.54, 1.807) is 23.2 Å². The Morgan fingerprint density at radius 3 is 2.62 bits per heavy atom. The highest BCUT2D eigenvalue weighted by Gasteiger charge is 2.41. The summed E-state index contributed by atoms with van der Waals surface area (Å²) in [6, 6.07) is 8.03. The van der Waals surface area contributed by atoms with E-state index in [4.69, 9.17) is 4.98 Å². The number of halogens is 4. The molecule has 208 valence electrons. The summed E-state index contributed by atoms with van der Waals surface area (Å²) in [6.45, 7) is 7.65. The van der Waals surface area contributed by atoms with Crippen LogP contribution in [0, 0.1) is 5.82 Å². The molecule has 1 saturated heterocycles. The topological polar surface area (TPSA) is 66.3 Å². The zero-order chi connectivity index (χ0) is 27.9. The number of aromatic nitrogens is 3. The number of hydrogen-bond acceptors (Lipinski definition) is 5. The summed E-state index contributed by atoms with van der Waals surface area (Å²) in [5.41, 5.74) is 3.07. The van der Waals surface area contributed by atoms with Gasteiger partial charge < -0.3 is 14.8 Å². The van der Waals surface area contributed by atoms with Gasteiger partial charge in [-0.3, -0.25) is 14.7 Å². The first-order valence-corrected chi connectivity index (χ1v) is 13.0. The monoisotopic (exact) mass is 544 g/mol. The van der Waals surface area contributed by atoms with Crippen molar-refractivity contribution < 1.29 is 22.4 Å². The molecule has 11 heteroatoms. The van der Waals surface area contributed by atoms with Gasteiger partial charge in [-0.25, -0.2) is 9.37 Å². The summed E-state index contributed by atoms with van der Waals surface area (Å²) in [6.07, 6.45) is 0.274. The minimum atomic E-state index is -4.55. The van der Waals surface area contributed by atoms with Crippen LogP contribution < -0.4 is 10.2 Å². The molecular formula is C28H32F4N6O. The molecule has 0 aliphatic carbocycles. The maximum atomic E-state index is 13.7. The van der Waals surface area contributed by atoms with Crippen molar-refractivity contribution in [3.8, 4) is 0 Å². The van der Waals surface area contributed by atoms with Crippen molar-refractivity contribution in [2.75, 3.05) is 31.1 Å². The van der Waals surface area contributed by atoms with E-state index in [9.17, 15) is 22.4 Å². The maximum Gasteiger partial charge on any atom is 0.449 e. The third kappa shape index (κ3) is 5.84. The number of alkyl halides is 3. The zero-order valence-electron chi connectivity index (χ0n) is 22.2. The number of imidazole rings is 1. The second-order valence-corrected chi connectivity index (χ2v) is 11.2. The Labute approximate surface area is 224 Å². The second-order valence-electron chi connectivity index (χ2n) is 11.2. The van der Waals surface area contributed by atoms with Gasteiger partial charge in [-0.15, -0.1) is 0 Å². The number of carbonyl (C=O) groups is 1. The fourth-order valence-corrected chi connectivity index (χ4v) is 5.54. The van der Waals surface area contributed by atoms with E-state index in [2.05, 4.69) is 10.3 Å². The molecule has 2 aromatic heterocycles. The molecule has 3 aromatic rings. The number of nitrogens with one attached hydrogen (secondary N) is 1. The second kappa shape index (κ2) is 10.3. The van der Waals surface area contributed by atoms with Gasteiger partial charge in [0.05, 0.1) is 17.9 Å². The normalized spacial score (nSPS) is 21.3. The predicted molar refractivity (Wildman–Crippen MR) is 139 cm³/mol. The van der Waals surface area contributed by atoms with Gasteiger partial charge in [-0.05, 0) is 42.7 Å². The van der Waals surface area contributed by atoms with Crippen LogP contribution in [0.4, 0.5) is 23.2 Å². The average Bonchev–Trinajstić information content (AvgIpc) is 3.44. The number of amides is 1. The van der Waals surface area contributed by atoms with Crippen LogP contribution in [0.25, 0.3) is 0 Å². The number of hydrogen-bond donors (Lipinski definition) is 1. The molecule has 1 amide bonds. The molecule has 0 radical (unpaired) electrons. The first-order valence-electron chi connectivity index (χ1n) is 13.0. The lowest BCUT2D eigenvalue weighted by Crippen LogP contribution is -2.59. The minimum Gasteiger partial charge on any atom is -0.326 e. The summed E-state index contributed by atoms with van der Waals surface area (Å²) < 4.78 is 54.7. The van der Waals surface area contributed by atoms with Gasteiger partial charge in [0.15, 0.2) is 0 Å². The summed E-state index contributed by atoms with van der Waals surface area (Å²) in [5.74, 6) is -1.36. The summed E-state index contributed by atoms with van der Waals surface area (Å²) in [5, 5.41) is 3.32. The molecule has 0 unspecified atom stereocenters. The molecule has 1 N–H and O–H groups in total. The van der Waals surface area contributed by atoms with Crippen molar-refractivity contribution in [3.05, 3.63) is 77.4 Å². The van der Waals surface area contributed by atoms with E-state index in [0.717, 1.165) is 33.3 Å². The lowest BCUT2D eigenvalue weighted by atomic mass is 9.91. The zero-order valence-corrected chi connectivity index (χ0v) is 22.2. The Bertz CT molecular complexity index is 1340. The van der Waals surface area contributed by atoms with Crippen LogP contribution in [0.5, 0.6) is 0 Å². The Morgan fingerprint density at radius 2 is 1.90 bits per heavy atom. The van der Waals surface area contributed by atoms with Crippen LogP contribution in [0.3, 0.4) is 0 Å². The van der Waals surface area contributed by atoms with E-state index in [1.165, 1.54) is 18.3 Å². The van der Waals surface area contributed by atoms with Crippen molar-refractivity contribution in [1.29, 1.82) is 0 Å². The summed E-state index contributed by atoms with van der Waals surface area (Å²) in [4.78, 5) is 25.7. The minimum absolute atomic E-state index is 0.0628. The van der Waals surface area contributed by atoms with E-state index in [1.807, 2.05) is 31.7 Å². The van der Waals surface area contributed by atoms with Gasteiger partial charge >= 0.3 is 6.18 Å². The molecule has 2 atom stereocenters. The van der Waals surface area contributed by atoms with Gasteiger partial charge in [0, 0.05) is 62.3 Å². The van der Waals surface area contributed by atoms with Gasteiger partial charge in [0.1, 0.15) is 5.82 Å². The number of nitrogens with zero attached hydrogens (tertiary/aromatic N) is 5. The lowest BCUT2D eigenvalue weighted by molar-refractivity contribution is -0.147. The number of rotatable bonds is 6.